The molecule has 64 heavy (non-hydrogen) atoms. The standard InChI is InChI=1S/C57H87NO4S2/c1-3-5-7-9-11-13-15-17-19-21-23-25-27-38-46-61-56-54(49-63(59)52-42-34-30-35-43-52)58(48-51-40-32-29-33-41-51)55(50-64(60)53-44-36-31-37-45-53)57(56)62-47-39-28-26-24-22-20-18-16-14-12-10-8-6-4-2/h29-37,40-45H,3-28,38-39,46-50H2,1-2H3. The Balaban J connectivity index is 1.45. The minimum atomic E-state index is -1.32. The summed E-state index contributed by atoms with van der Waals surface area (Å²) >= 11 is 0. The Morgan fingerprint density at radius 1 is 0.375 bits per heavy atom. The van der Waals surface area contributed by atoms with Gasteiger partial charge in [0.15, 0.2) is 11.5 Å². The fourth-order valence-corrected chi connectivity index (χ4v) is 11.0. The van der Waals surface area contributed by atoms with Gasteiger partial charge in [0, 0.05) is 16.3 Å². The SMILES string of the molecule is CCCCCCCCCCCCCCCCOc1c(OCCCCCCCCCCCCCCCC)c(CS(=O)c2ccccc2)n(Cc2ccccc2)c1CS(=O)c1ccccc1. The van der Waals surface area contributed by atoms with Crippen LogP contribution in [0, 0.1) is 0 Å². The molecule has 4 aromatic rings. The van der Waals surface area contributed by atoms with Crippen molar-refractivity contribution in [2.45, 2.75) is 221 Å². The molecule has 2 atom stereocenters. The Kier molecular flexibility index (Phi) is 29.3. The van der Waals surface area contributed by atoms with Crippen LogP contribution in [-0.2, 0) is 39.6 Å². The molecule has 356 valence electrons. The van der Waals surface area contributed by atoms with E-state index in [0.29, 0.717) is 31.3 Å². The zero-order valence-electron chi connectivity index (χ0n) is 40.4. The second-order valence-electron chi connectivity index (χ2n) is 18.1. The predicted molar refractivity (Wildman–Crippen MR) is 275 cm³/mol. The number of unbranched alkanes of at least 4 members (excludes halogenated alkanes) is 26. The van der Waals surface area contributed by atoms with E-state index < -0.39 is 21.6 Å². The van der Waals surface area contributed by atoms with E-state index in [1.807, 2.05) is 66.7 Å². The fourth-order valence-electron chi connectivity index (χ4n) is 8.71. The van der Waals surface area contributed by atoms with Crippen molar-refractivity contribution < 1.29 is 17.9 Å². The van der Waals surface area contributed by atoms with Gasteiger partial charge in [0.1, 0.15) is 0 Å². The van der Waals surface area contributed by atoms with Crippen LogP contribution in [-0.4, -0.2) is 26.2 Å². The first-order chi connectivity index (χ1) is 31.6. The third-order valence-corrected chi connectivity index (χ3v) is 15.3. The minimum absolute atomic E-state index is 0.276. The first kappa shape index (κ1) is 53.5. The third-order valence-electron chi connectivity index (χ3n) is 12.6. The number of hydrogen-bond donors (Lipinski definition) is 0. The number of ether oxygens (including phenoxy) is 2. The van der Waals surface area contributed by atoms with Crippen LogP contribution in [0.1, 0.15) is 211 Å². The Hall–Kier alpha value is -3.16. The minimum Gasteiger partial charge on any atom is -0.488 e. The van der Waals surface area contributed by atoms with E-state index in [-0.39, 0.29) is 11.5 Å². The Bertz CT molecular complexity index is 1670. The van der Waals surface area contributed by atoms with Gasteiger partial charge in [-0.25, -0.2) is 0 Å². The largest absolute Gasteiger partial charge is 0.488 e. The van der Waals surface area contributed by atoms with Crippen molar-refractivity contribution in [2.24, 2.45) is 0 Å². The molecular weight excluding hydrogens is 827 g/mol. The summed E-state index contributed by atoms with van der Waals surface area (Å²) < 4.78 is 44.3. The highest BCUT2D eigenvalue weighted by Gasteiger charge is 2.29. The van der Waals surface area contributed by atoms with Crippen LogP contribution in [0.3, 0.4) is 0 Å². The smallest absolute Gasteiger partial charge is 0.183 e. The number of rotatable bonds is 40. The van der Waals surface area contributed by atoms with E-state index in [1.165, 1.54) is 154 Å². The lowest BCUT2D eigenvalue weighted by Crippen LogP contribution is -2.13. The van der Waals surface area contributed by atoms with E-state index >= 15 is 0 Å². The average Bonchev–Trinajstić information content (AvgIpc) is 3.58. The van der Waals surface area contributed by atoms with Gasteiger partial charge < -0.3 is 14.0 Å². The normalized spacial score (nSPS) is 12.4. The lowest BCUT2D eigenvalue weighted by atomic mass is 10.0. The van der Waals surface area contributed by atoms with Crippen LogP contribution in [0.25, 0.3) is 0 Å². The summed E-state index contributed by atoms with van der Waals surface area (Å²) in [6.07, 6.45) is 36.5. The second kappa shape index (κ2) is 35.1. The molecule has 7 heteroatoms. The van der Waals surface area contributed by atoms with Gasteiger partial charge in [-0.15, -0.1) is 0 Å². The molecule has 5 nitrogen and oxygen atoms in total. The van der Waals surface area contributed by atoms with Gasteiger partial charge in [0.2, 0.25) is 0 Å². The van der Waals surface area contributed by atoms with Gasteiger partial charge >= 0.3 is 0 Å². The lowest BCUT2D eigenvalue weighted by molar-refractivity contribution is 0.258. The van der Waals surface area contributed by atoms with Crippen molar-refractivity contribution in [3.63, 3.8) is 0 Å². The Morgan fingerprint density at radius 2 is 0.656 bits per heavy atom. The molecule has 0 saturated carbocycles. The van der Waals surface area contributed by atoms with Gasteiger partial charge in [-0.05, 0) is 42.7 Å². The Morgan fingerprint density at radius 3 is 0.969 bits per heavy atom. The lowest BCUT2D eigenvalue weighted by Gasteiger charge is -2.15. The van der Waals surface area contributed by atoms with Crippen LogP contribution in [0.2, 0.25) is 0 Å². The van der Waals surface area contributed by atoms with Gasteiger partial charge in [0.25, 0.3) is 0 Å². The van der Waals surface area contributed by atoms with Gasteiger partial charge in [-0.2, -0.15) is 0 Å². The highest BCUT2D eigenvalue weighted by molar-refractivity contribution is 7.84. The van der Waals surface area contributed by atoms with Crippen molar-refractivity contribution in [2.75, 3.05) is 13.2 Å². The maximum Gasteiger partial charge on any atom is 0.183 e. The zero-order chi connectivity index (χ0) is 45.1. The van der Waals surface area contributed by atoms with Gasteiger partial charge in [-0.1, -0.05) is 248 Å². The average molecular weight is 914 g/mol. The third kappa shape index (κ3) is 21.9. The summed E-state index contributed by atoms with van der Waals surface area (Å²) in [6, 6.07) is 29.9. The molecular formula is C57H87NO4S2. The van der Waals surface area contributed by atoms with Crippen LogP contribution < -0.4 is 9.47 Å². The molecule has 1 aromatic heterocycles. The molecule has 4 rings (SSSR count). The van der Waals surface area contributed by atoms with E-state index in [9.17, 15) is 8.42 Å². The first-order valence-corrected chi connectivity index (χ1v) is 28.7. The van der Waals surface area contributed by atoms with Crippen molar-refractivity contribution in [1.82, 2.24) is 4.57 Å². The maximum absolute atomic E-state index is 14.2. The maximum atomic E-state index is 14.2. The summed E-state index contributed by atoms with van der Waals surface area (Å²) in [4.78, 5) is 1.57. The number of benzene rings is 3. The molecule has 0 aliphatic rings. The molecule has 0 fully saturated rings. The molecule has 0 bridgehead atoms. The molecule has 1 heterocycles. The molecule has 2 unspecified atom stereocenters. The van der Waals surface area contributed by atoms with E-state index in [0.717, 1.165) is 52.4 Å². The highest BCUT2D eigenvalue weighted by atomic mass is 32.2. The van der Waals surface area contributed by atoms with Crippen molar-refractivity contribution in [3.05, 3.63) is 108 Å². The van der Waals surface area contributed by atoms with E-state index in [2.05, 4.69) is 42.7 Å². The quantitative estimate of drug-likeness (QED) is 0.0417. The molecule has 0 radical (unpaired) electrons. The number of aromatic nitrogens is 1. The first-order valence-electron chi connectivity index (χ1n) is 26.0. The fraction of sp³-hybridized carbons (Fsp3) is 0.614. The van der Waals surface area contributed by atoms with E-state index in [4.69, 9.17) is 9.47 Å². The summed E-state index contributed by atoms with van der Waals surface area (Å²) in [5, 5.41) is 0. The zero-order valence-corrected chi connectivity index (χ0v) is 42.0. The number of nitrogens with zero attached hydrogens (tertiary/aromatic N) is 1. The van der Waals surface area contributed by atoms with Gasteiger partial charge in [-0.3, -0.25) is 8.42 Å². The molecule has 0 aliphatic carbocycles. The van der Waals surface area contributed by atoms with Crippen molar-refractivity contribution in [3.8, 4) is 11.5 Å². The Labute approximate surface area is 396 Å². The predicted octanol–water partition coefficient (Wildman–Crippen LogP) is 16.9. The van der Waals surface area contributed by atoms with Crippen molar-refractivity contribution >= 4 is 21.6 Å². The molecule has 3 aromatic carbocycles. The summed E-state index contributed by atoms with van der Waals surface area (Å²) in [7, 11) is -2.65. The monoisotopic (exact) mass is 914 g/mol. The molecule has 0 amide bonds. The van der Waals surface area contributed by atoms with Crippen LogP contribution in [0.4, 0.5) is 0 Å². The van der Waals surface area contributed by atoms with Crippen LogP contribution >= 0.6 is 0 Å². The molecule has 0 saturated heterocycles. The molecule has 0 aliphatic heterocycles. The summed E-state index contributed by atoms with van der Waals surface area (Å²) in [5.74, 6) is 1.91. The molecule has 0 spiro atoms. The van der Waals surface area contributed by atoms with E-state index in [1.54, 1.807) is 0 Å². The van der Waals surface area contributed by atoms with Crippen molar-refractivity contribution in [1.29, 1.82) is 0 Å². The topological polar surface area (TPSA) is 57.5 Å². The molecule has 0 N–H and O–H groups in total. The summed E-state index contributed by atoms with van der Waals surface area (Å²) in [6.45, 7) is 6.24. The van der Waals surface area contributed by atoms with Crippen LogP contribution in [0.15, 0.2) is 101 Å². The second-order valence-corrected chi connectivity index (χ2v) is 21.0. The number of hydrogen-bond acceptors (Lipinski definition) is 4. The van der Waals surface area contributed by atoms with Crippen LogP contribution in [0.5, 0.6) is 11.5 Å². The van der Waals surface area contributed by atoms with Gasteiger partial charge in [0.05, 0.1) is 57.7 Å². The highest BCUT2D eigenvalue weighted by Crippen LogP contribution is 2.42. The summed E-state index contributed by atoms with van der Waals surface area (Å²) in [5.41, 5.74) is 2.83.